The van der Waals surface area contributed by atoms with Crippen LogP contribution in [0.1, 0.15) is 46.6 Å². The molecule has 1 heterocycles. The Hall–Kier alpha value is -1.10. The highest BCUT2D eigenvalue weighted by Crippen LogP contribution is 2.68. The Bertz CT molecular complexity index is 410. The lowest BCUT2D eigenvalue weighted by atomic mass is 10.0. The predicted molar refractivity (Wildman–Crippen MR) is 71.3 cm³/mol. The summed E-state index contributed by atoms with van der Waals surface area (Å²) in [5.41, 5.74) is 0.752. The second kappa shape index (κ2) is 4.23. The SMILES string of the molecule is CNC(C)c1nnc(NCC2C(C)(C)C2(C)C)o1. The van der Waals surface area contributed by atoms with E-state index in [0.29, 0.717) is 28.7 Å². The molecule has 1 aromatic rings. The lowest BCUT2D eigenvalue weighted by Crippen LogP contribution is -2.12. The zero-order valence-electron chi connectivity index (χ0n) is 12.2. The molecule has 0 aliphatic heterocycles. The summed E-state index contributed by atoms with van der Waals surface area (Å²) in [5, 5.41) is 14.4. The third kappa shape index (κ3) is 2.00. The molecule has 0 saturated heterocycles. The predicted octanol–water partition coefficient (Wildman–Crippen LogP) is 2.44. The fraction of sp³-hybridized carbons (Fsp3) is 0.846. The third-order valence-electron chi connectivity index (χ3n) is 5.02. The highest BCUT2D eigenvalue weighted by atomic mass is 16.4. The summed E-state index contributed by atoms with van der Waals surface area (Å²) in [5.74, 6) is 1.26. The quantitative estimate of drug-likeness (QED) is 0.842. The van der Waals surface area contributed by atoms with Crippen LogP contribution >= 0.6 is 0 Å². The van der Waals surface area contributed by atoms with Crippen molar-refractivity contribution in [2.75, 3.05) is 18.9 Å². The van der Waals surface area contributed by atoms with E-state index in [9.17, 15) is 0 Å². The van der Waals surface area contributed by atoms with Crippen molar-refractivity contribution in [3.05, 3.63) is 5.89 Å². The zero-order valence-corrected chi connectivity index (χ0v) is 12.2. The molecule has 18 heavy (non-hydrogen) atoms. The lowest BCUT2D eigenvalue weighted by Gasteiger charge is -2.04. The monoisotopic (exact) mass is 252 g/mol. The maximum absolute atomic E-state index is 5.55. The van der Waals surface area contributed by atoms with Crippen LogP contribution in [0.4, 0.5) is 6.01 Å². The minimum Gasteiger partial charge on any atom is -0.406 e. The third-order valence-corrected chi connectivity index (χ3v) is 5.02. The van der Waals surface area contributed by atoms with Crippen LogP contribution in [0.15, 0.2) is 4.42 Å². The molecule has 1 aliphatic carbocycles. The van der Waals surface area contributed by atoms with Gasteiger partial charge in [0.1, 0.15) is 0 Å². The smallest absolute Gasteiger partial charge is 0.315 e. The topological polar surface area (TPSA) is 63.0 Å². The largest absolute Gasteiger partial charge is 0.406 e. The number of nitrogens with zero attached hydrogens (tertiary/aromatic N) is 2. The van der Waals surface area contributed by atoms with Crippen molar-refractivity contribution in [2.24, 2.45) is 16.7 Å². The van der Waals surface area contributed by atoms with Crippen LogP contribution in [0.25, 0.3) is 0 Å². The van der Waals surface area contributed by atoms with Gasteiger partial charge in [0.05, 0.1) is 6.04 Å². The van der Waals surface area contributed by atoms with Crippen LogP contribution in [0.2, 0.25) is 0 Å². The van der Waals surface area contributed by atoms with E-state index in [1.165, 1.54) is 0 Å². The molecule has 0 aromatic carbocycles. The normalized spacial score (nSPS) is 22.8. The molecule has 1 fully saturated rings. The van der Waals surface area contributed by atoms with E-state index in [2.05, 4.69) is 48.5 Å². The number of hydrogen-bond donors (Lipinski definition) is 2. The van der Waals surface area contributed by atoms with Crippen LogP contribution < -0.4 is 10.6 Å². The average Bonchev–Trinajstić information content (AvgIpc) is 2.70. The Kier molecular flexibility index (Phi) is 3.13. The summed E-state index contributed by atoms with van der Waals surface area (Å²) in [6.07, 6.45) is 0. The van der Waals surface area contributed by atoms with Gasteiger partial charge in [-0.2, -0.15) is 0 Å². The van der Waals surface area contributed by atoms with Gasteiger partial charge in [0.15, 0.2) is 0 Å². The lowest BCUT2D eigenvalue weighted by molar-refractivity contribution is 0.439. The summed E-state index contributed by atoms with van der Waals surface area (Å²) in [7, 11) is 1.87. The Labute approximate surface area is 109 Å². The molecule has 2 rings (SSSR count). The van der Waals surface area contributed by atoms with Crippen molar-refractivity contribution in [2.45, 2.75) is 40.7 Å². The Morgan fingerprint density at radius 3 is 2.33 bits per heavy atom. The molecular weight excluding hydrogens is 228 g/mol. The van der Waals surface area contributed by atoms with E-state index >= 15 is 0 Å². The molecule has 0 amide bonds. The van der Waals surface area contributed by atoms with Crippen molar-refractivity contribution in [3.63, 3.8) is 0 Å². The van der Waals surface area contributed by atoms with Crippen molar-refractivity contribution < 1.29 is 4.42 Å². The van der Waals surface area contributed by atoms with Gasteiger partial charge < -0.3 is 15.1 Å². The van der Waals surface area contributed by atoms with Gasteiger partial charge in [0.25, 0.3) is 0 Å². The molecular formula is C13H24N4O. The fourth-order valence-corrected chi connectivity index (χ4v) is 2.64. The van der Waals surface area contributed by atoms with E-state index < -0.39 is 0 Å². The molecule has 1 unspecified atom stereocenters. The first kappa shape index (κ1) is 13.3. The number of hydrogen-bond acceptors (Lipinski definition) is 5. The number of nitrogens with one attached hydrogen (secondary N) is 2. The van der Waals surface area contributed by atoms with Gasteiger partial charge in [-0.25, -0.2) is 0 Å². The first-order chi connectivity index (χ1) is 8.30. The van der Waals surface area contributed by atoms with E-state index in [4.69, 9.17) is 4.42 Å². The average molecular weight is 252 g/mol. The van der Waals surface area contributed by atoms with Crippen LogP contribution in [-0.4, -0.2) is 23.8 Å². The molecule has 0 spiro atoms. The molecule has 0 radical (unpaired) electrons. The van der Waals surface area contributed by atoms with Crippen molar-refractivity contribution in [1.82, 2.24) is 15.5 Å². The van der Waals surface area contributed by atoms with Gasteiger partial charge in [-0.05, 0) is 30.7 Å². The van der Waals surface area contributed by atoms with E-state index in [1.807, 2.05) is 14.0 Å². The maximum atomic E-state index is 5.55. The highest BCUT2D eigenvalue weighted by molar-refractivity contribution is 5.23. The fourth-order valence-electron chi connectivity index (χ4n) is 2.64. The van der Waals surface area contributed by atoms with E-state index in [1.54, 1.807) is 0 Å². The van der Waals surface area contributed by atoms with Crippen LogP contribution in [0.5, 0.6) is 0 Å². The summed E-state index contributed by atoms with van der Waals surface area (Å²) in [6.45, 7) is 12.1. The molecule has 2 N–H and O–H groups in total. The van der Waals surface area contributed by atoms with E-state index in [-0.39, 0.29) is 6.04 Å². The minimum atomic E-state index is 0.0851. The summed E-state index contributed by atoms with van der Waals surface area (Å²) >= 11 is 0. The Morgan fingerprint density at radius 1 is 1.22 bits per heavy atom. The molecule has 5 nitrogen and oxygen atoms in total. The summed E-state index contributed by atoms with van der Waals surface area (Å²) in [6, 6.07) is 0.604. The van der Waals surface area contributed by atoms with E-state index in [0.717, 1.165) is 6.54 Å². The van der Waals surface area contributed by atoms with Gasteiger partial charge in [-0.3, -0.25) is 0 Å². The molecule has 1 saturated carbocycles. The molecule has 0 bridgehead atoms. The number of anilines is 1. The van der Waals surface area contributed by atoms with Gasteiger partial charge in [-0.15, -0.1) is 5.10 Å². The Balaban J connectivity index is 1.91. The summed E-state index contributed by atoms with van der Waals surface area (Å²) in [4.78, 5) is 0. The molecule has 1 atom stereocenters. The van der Waals surface area contributed by atoms with Gasteiger partial charge in [-0.1, -0.05) is 32.8 Å². The molecule has 5 heteroatoms. The van der Waals surface area contributed by atoms with Crippen molar-refractivity contribution >= 4 is 6.01 Å². The summed E-state index contributed by atoms with van der Waals surface area (Å²) < 4.78 is 5.55. The van der Waals surface area contributed by atoms with Gasteiger partial charge in [0, 0.05) is 6.54 Å². The first-order valence-electron chi connectivity index (χ1n) is 6.55. The highest BCUT2D eigenvalue weighted by Gasteiger charge is 2.64. The van der Waals surface area contributed by atoms with Gasteiger partial charge >= 0.3 is 6.01 Å². The standard InChI is InChI=1S/C13H24N4O/c1-8(14-6)10-16-17-11(18-10)15-7-9-12(2,3)13(9,4)5/h8-9,14H,7H2,1-6H3,(H,15,17). The first-order valence-corrected chi connectivity index (χ1v) is 6.55. The maximum Gasteiger partial charge on any atom is 0.315 e. The van der Waals surface area contributed by atoms with Crippen LogP contribution in [-0.2, 0) is 0 Å². The minimum absolute atomic E-state index is 0.0851. The van der Waals surface area contributed by atoms with Crippen LogP contribution in [0, 0.1) is 16.7 Å². The second-order valence-corrected chi connectivity index (χ2v) is 6.33. The van der Waals surface area contributed by atoms with Crippen molar-refractivity contribution in [1.29, 1.82) is 0 Å². The number of rotatable bonds is 5. The molecule has 102 valence electrons. The van der Waals surface area contributed by atoms with Crippen molar-refractivity contribution in [3.8, 4) is 0 Å². The Morgan fingerprint density at radius 2 is 1.83 bits per heavy atom. The van der Waals surface area contributed by atoms with Gasteiger partial charge in [0.2, 0.25) is 5.89 Å². The molecule has 1 aliphatic rings. The van der Waals surface area contributed by atoms with Crippen LogP contribution in [0.3, 0.4) is 0 Å². The number of aromatic nitrogens is 2. The zero-order chi connectivity index (χ0) is 13.6. The molecule has 1 aromatic heterocycles. The second-order valence-electron chi connectivity index (χ2n) is 6.33.